The van der Waals surface area contributed by atoms with E-state index in [-0.39, 0.29) is 16.9 Å². The maximum atomic E-state index is 13.4. The van der Waals surface area contributed by atoms with Crippen molar-refractivity contribution in [2.45, 2.75) is 46.1 Å². The van der Waals surface area contributed by atoms with Crippen molar-refractivity contribution >= 4 is 0 Å². The van der Waals surface area contributed by atoms with Crippen molar-refractivity contribution in [3.63, 3.8) is 0 Å². The molecule has 2 nitrogen and oxygen atoms in total. The zero-order chi connectivity index (χ0) is 14.9. The SMILES string of the molecule is C[C@H]1CCCC(C)(C)[C@@H]1C(O)c1ccc(F)c(C#N)c1. The van der Waals surface area contributed by atoms with E-state index in [2.05, 4.69) is 20.8 Å². The van der Waals surface area contributed by atoms with E-state index in [1.54, 1.807) is 6.07 Å². The predicted octanol–water partition coefficient (Wildman–Crippen LogP) is 4.19. The van der Waals surface area contributed by atoms with Crippen molar-refractivity contribution in [3.05, 3.63) is 35.1 Å². The number of benzene rings is 1. The number of aliphatic hydroxyl groups excluding tert-OH is 1. The van der Waals surface area contributed by atoms with Crippen LogP contribution in [0.1, 0.15) is 57.3 Å². The van der Waals surface area contributed by atoms with Crippen LogP contribution in [0.25, 0.3) is 0 Å². The van der Waals surface area contributed by atoms with E-state index in [4.69, 9.17) is 5.26 Å². The average molecular weight is 275 g/mol. The first-order valence-electron chi connectivity index (χ1n) is 7.24. The van der Waals surface area contributed by atoms with Crippen LogP contribution >= 0.6 is 0 Å². The van der Waals surface area contributed by atoms with Gasteiger partial charge < -0.3 is 5.11 Å². The molecule has 3 heteroatoms. The Labute approximate surface area is 120 Å². The minimum absolute atomic E-state index is 0.00261. The Hall–Kier alpha value is -1.40. The van der Waals surface area contributed by atoms with E-state index in [0.29, 0.717) is 11.5 Å². The standard InChI is InChI=1S/C17H22FNO/c1-11-5-4-8-17(2,3)15(11)16(20)12-6-7-14(18)13(9-12)10-19/h6-7,9,11,15-16,20H,4-5,8H2,1-3H3/t11-,15-,16?/m0/s1. The normalized spacial score (nSPS) is 26.8. The van der Waals surface area contributed by atoms with Gasteiger partial charge >= 0.3 is 0 Å². The average Bonchev–Trinajstić information content (AvgIpc) is 2.37. The summed E-state index contributed by atoms with van der Waals surface area (Å²) in [4.78, 5) is 0. The Bertz CT molecular complexity index is 532. The Morgan fingerprint density at radius 3 is 2.75 bits per heavy atom. The van der Waals surface area contributed by atoms with Crippen molar-refractivity contribution in [1.29, 1.82) is 5.26 Å². The molecule has 20 heavy (non-hydrogen) atoms. The summed E-state index contributed by atoms with van der Waals surface area (Å²) < 4.78 is 13.4. The largest absolute Gasteiger partial charge is 0.388 e. The first kappa shape index (κ1) is 15.0. The molecule has 0 amide bonds. The third kappa shape index (κ3) is 2.71. The van der Waals surface area contributed by atoms with Crippen molar-refractivity contribution in [1.82, 2.24) is 0 Å². The van der Waals surface area contributed by atoms with Crippen molar-refractivity contribution in [2.75, 3.05) is 0 Å². The molecule has 0 radical (unpaired) electrons. The van der Waals surface area contributed by atoms with Gasteiger partial charge in [0.2, 0.25) is 0 Å². The summed E-state index contributed by atoms with van der Waals surface area (Å²) >= 11 is 0. The molecule has 0 bridgehead atoms. The molecule has 3 atom stereocenters. The van der Waals surface area contributed by atoms with Gasteiger partial charge in [0.05, 0.1) is 11.7 Å². The van der Waals surface area contributed by atoms with E-state index in [0.717, 1.165) is 12.8 Å². The van der Waals surface area contributed by atoms with Crippen molar-refractivity contribution in [2.24, 2.45) is 17.3 Å². The lowest BCUT2D eigenvalue weighted by atomic mass is 9.61. The van der Waals surface area contributed by atoms with Gasteiger partial charge in [0.15, 0.2) is 0 Å². The molecule has 1 N–H and O–H groups in total. The maximum absolute atomic E-state index is 13.4. The second-order valence-electron chi connectivity index (χ2n) is 6.68. The summed E-state index contributed by atoms with van der Waals surface area (Å²) in [5, 5.41) is 19.6. The number of hydrogen-bond donors (Lipinski definition) is 1. The lowest BCUT2D eigenvalue weighted by Crippen LogP contribution is -2.37. The molecule has 2 rings (SSSR count). The van der Waals surface area contributed by atoms with E-state index in [1.165, 1.54) is 18.6 Å². The third-order valence-electron chi connectivity index (χ3n) is 4.79. The van der Waals surface area contributed by atoms with Crippen molar-refractivity contribution < 1.29 is 9.50 Å². The van der Waals surface area contributed by atoms with Crippen LogP contribution in [0, 0.1) is 34.4 Å². The first-order chi connectivity index (χ1) is 9.36. The fourth-order valence-corrected chi connectivity index (χ4v) is 3.75. The van der Waals surface area contributed by atoms with E-state index < -0.39 is 11.9 Å². The van der Waals surface area contributed by atoms with Gasteiger partial charge in [-0.2, -0.15) is 5.26 Å². The highest BCUT2D eigenvalue weighted by Gasteiger charge is 2.41. The number of halogens is 1. The summed E-state index contributed by atoms with van der Waals surface area (Å²) in [6.07, 6.45) is 2.74. The number of hydrogen-bond acceptors (Lipinski definition) is 2. The molecule has 0 aromatic heterocycles. The zero-order valence-corrected chi connectivity index (χ0v) is 12.4. The fraction of sp³-hybridized carbons (Fsp3) is 0.588. The monoisotopic (exact) mass is 275 g/mol. The number of nitrogens with zero attached hydrogens (tertiary/aromatic N) is 1. The summed E-state index contributed by atoms with van der Waals surface area (Å²) in [6, 6.07) is 6.19. The fourth-order valence-electron chi connectivity index (χ4n) is 3.75. The molecular formula is C17H22FNO. The third-order valence-corrected chi connectivity index (χ3v) is 4.79. The lowest BCUT2D eigenvalue weighted by molar-refractivity contribution is -0.0293. The van der Waals surface area contributed by atoms with Gasteiger partial charge in [-0.15, -0.1) is 0 Å². The van der Waals surface area contributed by atoms with Crippen molar-refractivity contribution in [3.8, 4) is 6.07 Å². The Kier molecular flexibility index (Phi) is 4.15. The number of rotatable bonds is 2. The molecule has 0 heterocycles. The molecule has 0 saturated heterocycles. The molecule has 1 aliphatic carbocycles. The van der Waals surface area contributed by atoms with Gasteiger partial charge in [0.25, 0.3) is 0 Å². The van der Waals surface area contributed by atoms with Crippen LogP contribution in [0.15, 0.2) is 18.2 Å². The second-order valence-corrected chi connectivity index (χ2v) is 6.68. The smallest absolute Gasteiger partial charge is 0.140 e. The van der Waals surface area contributed by atoms with Gasteiger partial charge in [-0.1, -0.05) is 39.7 Å². The Morgan fingerprint density at radius 1 is 1.45 bits per heavy atom. The van der Waals surface area contributed by atoms with Crippen LogP contribution in [0.5, 0.6) is 0 Å². The van der Waals surface area contributed by atoms with Crippen LogP contribution in [-0.4, -0.2) is 5.11 Å². The lowest BCUT2D eigenvalue weighted by Gasteiger charge is -2.45. The van der Waals surface area contributed by atoms with Gasteiger partial charge in [-0.3, -0.25) is 0 Å². The van der Waals surface area contributed by atoms with Gasteiger partial charge in [-0.05, 0) is 41.4 Å². The maximum Gasteiger partial charge on any atom is 0.140 e. The highest BCUT2D eigenvalue weighted by atomic mass is 19.1. The van der Waals surface area contributed by atoms with Gasteiger partial charge in [-0.25, -0.2) is 4.39 Å². The second kappa shape index (κ2) is 5.54. The molecule has 0 aliphatic heterocycles. The van der Waals surface area contributed by atoms with Gasteiger partial charge in [0, 0.05) is 0 Å². The predicted molar refractivity (Wildman–Crippen MR) is 76.4 cm³/mol. The minimum Gasteiger partial charge on any atom is -0.388 e. The topological polar surface area (TPSA) is 44.0 Å². The van der Waals surface area contributed by atoms with Crippen LogP contribution in [0.4, 0.5) is 4.39 Å². The van der Waals surface area contributed by atoms with E-state index >= 15 is 0 Å². The number of nitriles is 1. The van der Waals surface area contributed by atoms with E-state index in [1.807, 2.05) is 6.07 Å². The first-order valence-corrected chi connectivity index (χ1v) is 7.24. The molecule has 1 saturated carbocycles. The molecular weight excluding hydrogens is 253 g/mol. The molecule has 1 aromatic carbocycles. The van der Waals surface area contributed by atoms with E-state index in [9.17, 15) is 9.50 Å². The molecule has 1 unspecified atom stereocenters. The minimum atomic E-state index is -0.645. The molecule has 108 valence electrons. The highest BCUT2D eigenvalue weighted by molar-refractivity contribution is 5.35. The zero-order valence-electron chi connectivity index (χ0n) is 12.4. The molecule has 0 spiro atoms. The summed E-state index contributed by atoms with van der Waals surface area (Å²) in [5.74, 6) is 0.0250. The Morgan fingerprint density at radius 2 is 2.15 bits per heavy atom. The Balaban J connectivity index is 2.34. The summed E-state index contributed by atoms with van der Waals surface area (Å²) in [5.41, 5.74) is 0.704. The molecule has 1 aromatic rings. The quantitative estimate of drug-likeness (QED) is 0.879. The summed E-state index contributed by atoms with van der Waals surface area (Å²) in [7, 11) is 0. The highest BCUT2D eigenvalue weighted by Crippen LogP contribution is 2.49. The molecule has 1 aliphatic rings. The van der Waals surface area contributed by atoms with Crippen LogP contribution < -0.4 is 0 Å². The molecule has 1 fully saturated rings. The van der Waals surface area contributed by atoms with Crippen LogP contribution in [0.3, 0.4) is 0 Å². The number of aliphatic hydroxyl groups is 1. The van der Waals surface area contributed by atoms with Crippen LogP contribution in [0.2, 0.25) is 0 Å². The van der Waals surface area contributed by atoms with Gasteiger partial charge in [0.1, 0.15) is 11.9 Å². The van der Waals surface area contributed by atoms with Crippen LogP contribution in [-0.2, 0) is 0 Å². The summed E-state index contributed by atoms with van der Waals surface area (Å²) in [6.45, 7) is 6.54.